The lowest BCUT2D eigenvalue weighted by Crippen LogP contribution is -2.44. The van der Waals surface area contributed by atoms with E-state index in [-0.39, 0.29) is 11.9 Å². The Morgan fingerprint density at radius 2 is 1.64 bits per heavy atom. The molecule has 0 aliphatic rings. The van der Waals surface area contributed by atoms with Gasteiger partial charge in [-0.3, -0.25) is 9.48 Å². The Bertz CT molecular complexity index is 514. The van der Waals surface area contributed by atoms with Crippen molar-refractivity contribution in [2.24, 2.45) is 7.05 Å². The largest absolute Gasteiger partial charge is 0.379 e. The number of amides is 1. The van der Waals surface area contributed by atoms with Crippen molar-refractivity contribution in [1.29, 1.82) is 0 Å². The molecule has 0 spiro atoms. The van der Waals surface area contributed by atoms with Crippen LogP contribution in [0, 0.1) is 0 Å². The summed E-state index contributed by atoms with van der Waals surface area (Å²) >= 11 is 0. The Morgan fingerprint density at radius 3 is 2.18 bits per heavy atom. The zero-order chi connectivity index (χ0) is 20.5. The molecule has 0 fully saturated rings. The third-order valence-electron chi connectivity index (χ3n) is 3.95. The zero-order valence-electron chi connectivity index (χ0n) is 17.4. The van der Waals surface area contributed by atoms with Crippen LogP contribution in [0.25, 0.3) is 0 Å². The van der Waals surface area contributed by atoms with Gasteiger partial charge in [-0.1, -0.05) is 5.21 Å². The Balaban J connectivity index is 1.92. The van der Waals surface area contributed by atoms with E-state index in [4.69, 9.17) is 14.2 Å². The predicted molar refractivity (Wildman–Crippen MR) is 106 cm³/mol. The first-order valence-corrected chi connectivity index (χ1v) is 9.85. The number of hydrogen-bond acceptors (Lipinski definition) is 8. The van der Waals surface area contributed by atoms with Crippen molar-refractivity contribution in [3.8, 4) is 0 Å². The standard InChI is InChI=1S/C18H36N6O4/c1-19-6-4-8-26-10-12-28-13-11-27-9-5-7-21-18(25)17(20-2)14-16-15-24(3)23-22-16/h15,17,19-20H,4-14H2,1-3H3,(H,21,25). The molecule has 0 aliphatic carbocycles. The van der Waals surface area contributed by atoms with Crippen LogP contribution in [0.15, 0.2) is 6.20 Å². The van der Waals surface area contributed by atoms with E-state index in [1.54, 1.807) is 18.8 Å². The lowest BCUT2D eigenvalue weighted by atomic mass is 10.1. The van der Waals surface area contributed by atoms with Gasteiger partial charge in [0.2, 0.25) is 5.91 Å². The molecule has 1 aromatic rings. The van der Waals surface area contributed by atoms with E-state index in [1.807, 2.05) is 13.2 Å². The molecule has 28 heavy (non-hydrogen) atoms. The fourth-order valence-corrected chi connectivity index (χ4v) is 2.43. The number of likely N-dealkylation sites (N-methyl/N-ethyl adjacent to an activating group) is 1. The Kier molecular flexibility index (Phi) is 14.3. The second-order valence-electron chi connectivity index (χ2n) is 6.37. The minimum absolute atomic E-state index is 0.0498. The molecule has 1 amide bonds. The van der Waals surface area contributed by atoms with Crippen molar-refractivity contribution < 1.29 is 19.0 Å². The molecule has 0 bridgehead atoms. The van der Waals surface area contributed by atoms with Gasteiger partial charge in [0.05, 0.1) is 38.2 Å². The molecule has 10 nitrogen and oxygen atoms in total. The number of nitrogens with one attached hydrogen (secondary N) is 3. The van der Waals surface area contributed by atoms with Gasteiger partial charge < -0.3 is 30.2 Å². The molecule has 0 saturated heterocycles. The number of carbonyl (C=O) groups is 1. The van der Waals surface area contributed by atoms with Crippen molar-refractivity contribution in [3.05, 3.63) is 11.9 Å². The van der Waals surface area contributed by atoms with Crippen LogP contribution >= 0.6 is 0 Å². The van der Waals surface area contributed by atoms with Crippen molar-refractivity contribution in [2.45, 2.75) is 25.3 Å². The summed E-state index contributed by atoms with van der Waals surface area (Å²) in [5.41, 5.74) is 0.781. The minimum Gasteiger partial charge on any atom is -0.379 e. The van der Waals surface area contributed by atoms with Crippen LogP contribution in [0.2, 0.25) is 0 Å². The van der Waals surface area contributed by atoms with E-state index in [0.29, 0.717) is 46.0 Å². The van der Waals surface area contributed by atoms with Crippen molar-refractivity contribution in [1.82, 2.24) is 30.9 Å². The monoisotopic (exact) mass is 400 g/mol. The van der Waals surface area contributed by atoms with E-state index < -0.39 is 0 Å². The first-order chi connectivity index (χ1) is 13.7. The van der Waals surface area contributed by atoms with E-state index in [2.05, 4.69) is 26.3 Å². The topological polar surface area (TPSA) is 112 Å². The third-order valence-corrected chi connectivity index (χ3v) is 3.95. The fraction of sp³-hybridized carbons (Fsp3) is 0.833. The van der Waals surface area contributed by atoms with Crippen LogP contribution < -0.4 is 16.0 Å². The van der Waals surface area contributed by atoms with Gasteiger partial charge in [0.25, 0.3) is 0 Å². The number of ether oxygens (including phenoxy) is 3. The molecule has 162 valence electrons. The van der Waals surface area contributed by atoms with Crippen LogP contribution in [-0.4, -0.2) is 93.8 Å². The van der Waals surface area contributed by atoms with Crippen molar-refractivity contribution in [2.75, 3.05) is 66.8 Å². The molecule has 3 N–H and O–H groups in total. The highest BCUT2D eigenvalue weighted by atomic mass is 16.5. The van der Waals surface area contributed by atoms with Crippen molar-refractivity contribution >= 4 is 5.91 Å². The highest BCUT2D eigenvalue weighted by molar-refractivity contribution is 5.81. The van der Waals surface area contributed by atoms with E-state index in [0.717, 1.165) is 31.7 Å². The Hall–Kier alpha value is -1.59. The molecule has 0 aromatic carbocycles. The van der Waals surface area contributed by atoms with Gasteiger partial charge in [-0.2, -0.15) is 0 Å². The lowest BCUT2D eigenvalue weighted by molar-refractivity contribution is -0.123. The number of hydrogen-bond donors (Lipinski definition) is 3. The van der Waals surface area contributed by atoms with Gasteiger partial charge in [0.15, 0.2) is 0 Å². The Morgan fingerprint density at radius 1 is 1.04 bits per heavy atom. The smallest absolute Gasteiger partial charge is 0.237 e. The summed E-state index contributed by atoms with van der Waals surface area (Å²) in [7, 11) is 5.49. The number of aryl methyl sites for hydroxylation is 1. The van der Waals surface area contributed by atoms with E-state index in [9.17, 15) is 4.79 Å². The summed E-state index contributed by atoms with van der Waals surface area (Å²) in [5.74, 6) is -0.0498. The second kappa shape index (κ2) is 16.4. The van der Waals surface area contributed by atoms with Gasteiger partial charge >= 0.3 is 0 Å². The summed E-state index contributed by atoms with van der Waals surface area (Å²) in [6.45, 7) is 5.14. The van der Waals surface area contributed by atoms with Crippen molar-refractivity contribution in [3.63, 3.8) is 0 Å². The van der Waals surface area contributed by atoms with E-state index in [1.165, 1.54) is 0 Å². The van der Waals surface area contributed by atoms with Crippen LogP contribution in [0.1, 0.15) is 18.5 Å². The van der Waals surface area contributed by atoms with Crippen LogP contribution in [0.5, 0.6) is 0 Å². The predicted octanol–water partition coefficient (Wildman–Crippen LogP) is -0.889. The third kappa shape index (κ3) is 12.0. The molecule has 10 heteroatoms. The number of rotatable bonds is 18. The Labute approximate surface area is 167 Å². The average molecular weight is 401 g/mol. The SMILES string of the molecule is CNCCCOCCOCCOCCCNC(=O)C(Cc1cn(C)nn1)NC. The van der Waals surface area contributed by atoms with Gasteiger partial charge in [0.1, 0.15) is 0 Å². The maximum absolute atomic E-state index is 12.2. The molecule has 1 heterocycles. The maximum atomic E-state index is 12.2. The molecule has 1 rings (SSSR count). The summed E-state index contributed by atoms with van der Waals surface area (Å²) < 4.78 is 18.0. The first-order valence-electron chi connectivity index (χ1n) is 9.85. The molecule has 0 aliphatic heterocycles. The molecular formula is C18H36N6O4. The lowest BCUT2D eigenvalue weighted by Gasteiger charge is -2.14. The summed E-state index contributed by atoms with van der Waals surface area (Å²) in [4.78, 5) is 12.2. The minimum atomic E-state index is -0.327. The van der Waals surface area contributed by atoms with Crippen LogP contribution in [-0.2, 0) is 32.5 Å². The number of nitrogens with zero attached hydrogens (tertiary/aromatic N) is 3. The number of aromatic nitrogens is 3. The highest BCUT2D eigenvalue weighted by Crippen LogP contribution is 1.98. The maximum Gasteiger partial charge on any atom is 0.237 e. The normalized spacial score (nSPS) is 12.2. The summed E-state index contributed by atoms with van der Waals surface area (Å²) in [6.07, 6.45) is 4.07. The van der Waals surface area contributed by atoms with Gasteiger partial charge in [-0.25, -0.2) is 0 Å². The summed E-state index contributed by atoms with van der Waals surface area (Å²) in [6, 6.07) is -0.327. The first kappa shape index (κ1) is 24.4. The molecule has 0 saturated carbocycles. The average Bonchev–Trinajstić information content (AvgIpc) is 3.11. The molecule has 1 atom stereocenters. The van der Waals surface area contributed by atoms with E-state index >= 15 is 0 Å². The zero-order valence-corrected chi connectivity index (χ0v) is 17.4. The summed E-state index contributed by atoms with van der Waals surface area (Å²) in [5, 5.41) is 16.9. The van der Waals surface area contributed by atoms with Gasteiger partial charge in [-0.15, -0.1) is 5.10 Å². The quantitative estimate of drug-likeness (QED) is 0.272. The van der Waals surface area contributed by atoms with Gasteiger partial charge in [0, 0.05) is 39.4 Å². The number of carbonyl (C=O) groups excluding carboxylic acids is 1. The molecule has 0 radical (unpaired) electrons. The highest BCUT2D eigenvalue weighted by Gasteiger charge is 2.17. The fourth-order valence-electron chi connectivity index (χ4n) is 2.43. The van der Waals surface area contributed by atoms with Crippen LogP contribution in [0.3, 0.4) is 0 Å². The molecule has 1 unspecified atom stereocenters. The van der Waals surface area contributed by atoms with Gasteiger partial charge in [-0.05, 0) is 33.5 Å². The molecule has 1 aromatic heterocycles. The second-order valence-corrected chi connectivity index (χ2v) is 6.37. The van der Waals surface area contributed by atoms with Crippen LogP contribution in [0.4, 0.5) is 0 Å². The molecular weight excluding hydrogens is 364 g/mol.